The van der Waals surface area contributed by atoms with E-state index in [2.05, 4.69) is 11.8 Å². The average molecular weight is 287 g/mol. The number of phenolic OH excluding ortho intramolecular Hbond substituents is 2. The van der Waals surface area contributed by atoms with E-state index in [1.807, 2.05) is 33.1 Å². The molecule has 0 spiro atoms. The Bertz CT molecular complexity index is 436. The van der Waals surface area contributed by atoms with Gasteiger partial charge < -0.3 is 10.2 Å². The van der Waals surface area contributed by atoms with Crippen molar-refractivity contribution in [1.82, 2.24) is 5.43 Å². The van der Waals surface area contributed by atoms with Crippen molar-refractivity contribution in [3.63, 3.8) is 0 Å². The van der Waals surface area contributed by atoms with Gasteiger partial charge in [-0.2, -0.15) is 0 Å². The monoisotopic (exact) mass is 286 g/mol. The van der Waals surface area contributed by atoms with Crippen LogP contribution in [0.15, 0.2) is 12.1 Å². The first-order valence-electron chi connectivity index (χ1n) is 5.53. The van der Waals surface area contributed by atoms with Crippen LogP contribution < -0.4 is 11.3 Å². The molecule has 0 heterocycles. The number of phenols is 2. The van der Waals surface area contributed by atoms with Crippen LogP contribution in [0.25, 0.3) is 0 Å². The summed E-state index contributed by atoms with van der Waals surface area (Å²) in [5.41, 5.74) is 1.94. The van der Waals surface area contributed by atoms with Gasteiger partial charge in [-0.15, -0.1) is 11.8 Å². The summed E-state index contributed by atoms with van der Waals surface area (Å²) in [5, 5.41) is 18.0. The Hall–Kier alpha value is -1.90. The van der Waals surface area contributed by atoms with Crippen LogP contribution in [0.4, 0.5) is 0 Å². The van der Waals surface area contributed by atoms with E-state index in [-0.39, 0.29) is 10.6 Å². The van der Waals surface area contributed by atoms with Gasteiger partial charge in [0.15, 0.2) is 11.5 Å². The molecule has 0 bridgehead atoms. The van der Waals surface area contributed by atoms with Crippen molar-refractivity contribution in [1.29, 1.82) is 0 Å². The maximum Gasteiger partial charge on any atom is 0.265 e. The molecule has 19 heavy (non-hydrogen) atoms. The molecule has 0 aliphatic carbocycles. The summed E-state index contributed by atoms with van der Waals surface area (Å²) in [5.74, 6) is 8.69. The molecule has 0 unspecified atom stereocenters. The zero-order valence-electron chi connectivity index (χ0n) is 11.4. The lowest BCUT2D eigenvalue weighted by Crippen LogP contribution is -2.29. The Morgan fingerprint density at radius 2 is 1.74 bits per heavy atom. The van der Waals surface area contributed by atoms with Crippen LogP contribution in [0, 0.1) is 11.8 Å². The van der Waals surface area contributed by atoms with E-state index < -0.39 is 17.4 Å². The van der Waals surface area contributed by atoms with E-state index >= 15 is 0 Å². The molecule has 0 aliphatic heterocycles. The number of nitrogen functional groups attached to an aromatic ring is 1. The van der Waals surface area contributed by atoms with E-state index in [9.17, 15) is 4.79 Å². The summed E-state index contributed by atoms with van der Waals surface area (Å²) in [4.78, 5) is 10.9. The van der Waals surface area contributed by atoms with E-state index in [4.69, 9.17) is 27.7 Å². The largest absolute Gasteiger partial charge is 0.504 e. The maximum absolute atomic E-state index is 10.9. The van der Waals surface area contributed by atoms with Gasteiger partial charge in [-0.05, 0) is 26.0 Å². The van der Waals surface area contributed by atoms with Crippen LogP contribution in [0.3, 0.4) is 0 Å². The molecule has 1 aromatic carbocycles. The number of amides is 1. The minimum atomic E-state index is -0.600. The van der Waals surface area contributed by atoms with Crippen molar-refractivity contribution >= 4 is 17.5 Å². The summed E-state index contributed by atoms with van der Waals surface area (Å²) in [7, 11) is 0. The fourth-order valence-corrected chi connectivity index (χ4v) is 1.01. The Balaban J connectivity index is 0. The molecule has 5 nitrogen and oxygen atoms in total. The second-order valence-corrected chi connectivity index (χ2v) is 3.21. The predicted molar refractivity (Wildman–Crippen MR) is 76.9 cm³/mol. The van der Waals surface area contributed by atoms with Gasteiger partial charge in [0.2, 0.25) is 0 Å². The first-order chi connectivity index (χ1) is 8.97. The highest BCUT2D eigenvalue weighted by Gasteiger charge is 2.11. The predicted octanol–water partition coefficient (Wildman–Crippen LogP) is 2.41. The number of halogens is 1. The Labute approximate surface area is 118 Å². The third-order valence-corrected chi connectivity index (χ3v) is 1.97. The number of hydrogen-bond acceptors (Lipinski definition) is 4. The quantitative estimate of drug-likeness (QED) is 0.210. The zero-order chi connectivity index (χ0) is 15.4. The van der Waals surface area contributed by atoms with Gasteiger partial charge in [0.05, 0.1) is 5.02 Å². The number of hydrazine groups is 1. The highest BCUT2D eigenvalue weighted by molar-refractivity contribution is 6.32. The molecule has 0 saturated carbocycles. The van der Waals surface area contributed by atoms with Gasteiger partial charge in [0, 0.05) is 5.56 Å². The topological polar surface area (TPSA) is 95.6 Å². The molecular weight excluding hydrogens is 268 g/mol. The van der Waals surface area contributed by atoms with Gasteiger partial charge >= 0.3 is 0 Å². The van der Waals surface area contributed by atoms with Crippen LogP contribution in [0.1, 0.15) is 38.1 Å². The number of hydrogen-bond donors (Lipinski definition) is 4. The molecule has 106 valence electrons. The summed E-state index contributed by atoms with van der Waals surface area (Å²) in [6, 6.07) is 2.25. The van der Waals surface area contributed by atoms with E-state index in [0.717, 1.165) is 6.07 Å². The summed E-state index contributed by atoms with van der Waals surface area (Å²) in [6.07, 6.45) is 0. The van der Waals surface area contributed by atoms with Gasteiger partial charge in [-0.3, -0.25) is 10.2 Å². The summed E-state index contributed by atoms with van der Waals surface area (Å²) < 4.78 is 0. The number of carbonyl (C=O) groups excluding carboxylic acids is 1. The van der Waals surface area contributed by atoms with Crippen LogP contribution in [-0.2, 0) is 0 Å². The van der Waals surface area contributed by atoms with Crippen molar-refractivity contribution in [2.45, 2.75) is 27.7 Å². The molecule has 1 amide bonds. The van der Waals surface area contributed by atoms with Crippen molar-refractivity contribution in [3.05, 3.63) is 22.7 Å². The standard InChI is InChI=1S/C7H7ClN2O3.C4H6.C2H6/c8-4-1-3(7(13)10-9)2-5(11)6(4)12;1-3-4-2;1-2/h1-2,11-12H,9H2,(H,10,13);1-2H3;1-2H3. The second kappa shape index (κ2) is 11.2. The Morgan fingerprint density at radius 1 is 1.26 bits per heavy atom. The van der Waals surface area contributed by atoms with Gasteiger partial charge in [0.25, 0.3) is 5.91 Å². The molecule has 0 saturated heterocycles. The number of carbonyl (C=O) groups is 1. The minimum Gasteiger partial charge on any atom is -0.504 e. The highest BCUT2D eigenvalue weighted by atomic mass is 35.5. The Kier molecular flexibility index (Phi) is 11.5. The number of aromatic hydroxyl groups is 2. The first-order valence-corrected chi connectivity index (χ1v) is 5.91. The fraction of sp³-hybridized carbons (Fsp3) is 0.308. The fourth-order valence-electron chi connectivity index (χ4n) is 0.799. The lowest BCUT2D eigenvalue weighted by atomic mass is 10.2. The maximum atomic E-state index is 10.9. The van der Waals surface area contributed by atoms with E-state index in [1.54, 1.807) is 0 Å². The van der Waals surface area contributed by atoms with E-state index in [0.29, 0.717) is 0 Å². The van der Waals surface area contributed by atoms with Crippen LogP contribution >= 0.6 is 11.6 Å². The Morgan fingerprint density at radius 3 is 2.05 bits per heavy atom. The average Bonchev–Trinajstić information content (AvgIpc) is 2.45. The van der Waals surface area contributed by atoms with Crippen molar-refractivity contribution in [2.75, 3.05) is 0 Å². The number of nitrogens with two attached hydrogens (primary N) is 1. The molecular formula is C13H19ClN2O3. The highest BCUT2D eigenvalue weighted by Crippen LogP contribution is 2.33. The number of benzene rings is 1. The van der Waals surface area contributed by atoms with Crippen LogP contribution in [-0.4, -0.2) is 16.1 Å². The molecule has 0 fully saturated rings. The molecule has 1 rings (SSSR count). The van der Waals surface area contributed by atoms with Gasteiger partial charge in [-0.1, -0.05) is 25.4 Å². The second-order valence-electron chi connectivity index (χ2n) is 2.80. The van der Waals surface area contributed by atoms with Gasteiger partial charge in [-0.25, -0.2) is 5.84 Å². The molecule has 0 radical (unpaired) electrons. The third kappa shape index (κ3) is 7.19. The first kappa shape index (κ1) is 19.4. The van der Waals surface area contributed by atoms with Crippen molar-refractivity contribution < 1.29 is 15.0 Å². The lowest BCUT2D eigenvalue weighted by molar-refractivity contribution is 0.0953. The summed E-state index contributed by atoms with van der Waals surface area (Å²) in [6.45, 7) is 7.64. The summed E-state index contributed by atoms with van der Waals surface area (Å²) >= 11 is 5.49. The normalized spacial score (nSPS) is 7.68. The number of nitrogens with one attached hydrogen (secondary N) is 1. The van der Waals surface area contributed by atoms with Crippen molar-refractivity contribution in [3.8, 4) is 23.3 Å². The minimum absolute atomic E-state index is 0.0720. The smallest absolute Gasteiger partial charge is 0.265 e. The molecule has 6 heteroatoms. The number of rotatable bonds is 1. The van der Waals surface area contributed by atoms with Crippen molar-refractivity contribution in [2.24, 2.45) is 5.84 Å². The van der Waals surface area contributed by atoms with Crippen LogP contribution in [0.2, 0.25) is 5.02 Å². The van der Waals surface area contributed by atoms with Gasteiger partial charge in [0.1, 0.15) is 0 Å². The van der Waals surface area contributed by atoms with E-state index in [1.165, 1.54) is 6.07 Å². The lowest BCUT2D eigenvalue weighted by Gasteiger charge is -2.03. The zero-order valence-corrected chi connectivity index (χ0v) is 12.2. The molecule has 0 atom stereocenters. The van der Waals surface area contributed by atoms with Crippen LogP contribution in [0.5, 0.6) is 11.5 Å². The molecule has 5 N–H and O–H groups in total. The SMILES string of the molecule is CC.CC#CC.NNC(=O)c1cc(O)c(O)c(Cl)c1. The molecule has 0 aliphatic rings. The molecule has 0 aromatic heterocycles. The molecule has 1 aromatic rings. The third-order valence-electron chi connectivity index (χ3n) is 1.69.